The van der Waals surface area contributed by atoms with Crippen LogP contribution in [-0.4, -0.2) is 48.9 Å². The number of hydrogen-bond donors (Lipinski definition) is 3. The molecular formula is C34H40F4N2O5. The molecule has 11 heteroatoms. The number of aryl methyl sites for hydroxylation is 1. The van der Waals surface area contributed by atoms with E-state index in [-0.39, 0.29) is 29.0 Å². The zero-order chi connectivity index (χ0) is 32.5. The molecule has 2 aromatic carbocycles. The largest absolute Gasteiger partial charge is 0.496 e. The Morgan fingerprint density at radius 3 is 2.42 bits per heavy atom. The minimum absolute atomic E-state index is 0.124. The van der Waals surface area contributed by atoms with E-state index in [2.05, 4.69) is 16.7 Å². The van der Waals surface area contributed by atoms with Crippen LogP contribution in [0.2, 0.25) is 0 Å². The Kier molecular flexibility index (Phi) is 9.60. The predicted octanol–water partition coefficient (Wildman–Crippen LogP) is 6.30. The molecular weight excluding hydrogens is 592 g/mol. The normalized spacial score (nSPS) is 24.6. The van der Waals surface area contributed by atoms with E-state index in [1.165, 1.54) is 7.11 Å². The average Bonchev–Trinajstić information content (AvgIpc) is 3.50. The topological polar surface area (TPSA) is 96.9 Å². The highest BCUT2D eigenvalue weighted by atomic mass is 19.4. The van der Waals surface area contributed by atoms with Crippen LogP contribution in [0.25, 0.3) is 0 Å². The Bertz CT molecular complexity index is 1450. The van der Waals surface area contributed by atoms with Crippen LogP contribution in [-0.2, 0) is 22.1 Å². The van der Waals surface area contributed by atoms with E-state index in [1.807, 2.05) is 6.07 Å². The smallest absolute Gasteiger partial charge is 0.419 e. The van der Waals surface area contributed by atoms with Gasteiger partial charge in [0.25, 0.3) is 5.91 Å². The van der Waals surface area contributed by atoms with Gasteiger partial charge in [-0.15, -0.1) is 0 Å². The number of carbonyl (C=O) groups excluding carboxylic acids is 2. The first-order chi connectivity index (χ1) is 21.2. The average molecular weight is 633 g/mol. The Morgan fingerprint density at radius 1 is 1.04 bits per heavy atom. The number of fused-ring (bicyclic) bond motifs is 2. The summed E-state index contributed by atoms with van der Waals surface area (Å²) in [5.74, 6) is -2.84. The molecule has 1 heterocycles. The predicted molar refractivity (Wildman–Crippen MR) is 160 cm³/mol. The molecule has 1 aliphatic heterocycles. The number of alkyl halides is 3. The SMILES string of the molecule is COc1ccc(CCC(C)(C)O)cc1C(=O)NC1C2CCC(/C2=C/C2CCOCC2)C1C(=O)Nc1ccc(F)c(C(F)(F)F)c1. The molecule has 0 radical (unpaired) electrons. The third-order valence-electron chi connectivity index (χ3n) is 9.27. The van der Waals surface area contributed by atoms with Gasteiger partial charge in [0.1, 0.15) is 11.6 Å². The number of amides is 2. The van der Waals surface area contributed by atoms with Crippen molar-refractivity contribution in [2.75, 3.05) is 25.6 Å². The fraction of sp³-hybridized carbons (Fsp3) is 0.529. The number of ether oxygens (including phenoxy) is 2. The van der Waals surface area contributed by atoms with Crippen molar-refractivity contribution in [1.29, 1.82) is 0 Å². The first-order valence-electron chi connectivity index (χ1n) is 15.4. The van der Waals surface area contributed by atoms with Gasteiger partial charge in [-0.2, -0.15) is 13.2 Å². The molecule has 2 aliphatic carbocycles. The van der Waals surface area contributed by atoms with Crippen molar-refractivity contribution in [3.05, 3.63) is 70.6 Å². The molecule has 0 aromatic heterocycles. The number of halogens is 4. The Hall–Kier alpha value is -3.44. The Balaban J connectivity index is 1.44. The van der Waals surface area contributed by atoms with E-state index in [4.69, 9.17) is 9.47 Å². The van der Waals surface area contributed by atoms with Crippen molar-refractivity contribution < 1.29 is 41.7 Å². The number of carbonyl (C=O) groups is 2. The minimum Gasteiger partial charge on any atom is -0.496 e. The van der Waals surface area contributed by atoms with E-state index in [1.54, 1.807) is 26.0 Å². The van der Waals surface area contributed by atoms with Crippen molar-refractivity contribution >= 4 is 17.5 Å². The lowest BCUT2D eigenvalue weighted by molar-refractivity contribution is -0.140. The summed E-state index contributed by atoms with van der Waals surface area (Å²) < 4.78 is 65.1. The number of aliphatic hydroxyl groups is 1. The lowest BCUT2D eigenvalue weighted by Crippen LogP contribution is -2.48. The molecule has 0 spiro atoms. The highest BCUT2D eigenvalue weighted by molar-refractivity contribution is 5.99. The van der Waals surface area contributed by atoms with Crippen LogP contribution in [0.4, 0.5) is 23.2 Å². The third kappa shape index (κ3) is 7.52. The molecule has 2 aromatic rings. The van der Waals surface area contributed by atoms with Crippen molar-refractivity contribution in [3.63, 3.8) is 0 Å². The summed E-state index contributed by atoms with van der Waals surface area (Å²) in [6.07, 6.45) is 1.46. The van der Waals surface area contributed by atoms with Gasteiger partial charge in [-0.25, -0.2) is 4.39 Å². The van der Waals surface area contributed by atoms with E-state index < -0.39 is 46.9 Å². The maximum atomic E-state index is 13.9. The standard InChI is InChI=1S/C34H40F4N2O5/c1-33(2,43)13-10-19-4-9-28(44-3)25(17-19)31(41)40-30-23-7-6-22(24(23)16-20-11-14-45-15-12-20)29(30)32(42)39-21-5-8-27(35)26(18-21)34(36,37)38/h4-5,8-9,16-18,20,22-23,29-30,43H,6-7,10-15H2,1-3H3,(H,39,42)(H,40,41)/b24-16-. The van der Waals surface area contributed by atoms with Crippen molar-refractivity contribution in [3.8, 4) is 5.75 Å². The van der Waals surface area contributed by atoms with Gasteiger partial charge in [0.2, 0.25) is 5.91 Å². The molecule has 7 nitrogen and oxygen atoms in total. The van der Waals surface area contributed by atoms with E-state index in [0.717, 1.165) is 36.5 Å². The number of nitrogens with one attached hydrogen (secondary N) is 2. The first-order valence-corrected chi connectivity index (χ1v) is 15.4. The second-order valence-electron chi connectivity index (χ2n) is 13.0. The van der Waals surface area contributed by atoms with Crippen molar-refractivity contribution in [1.82, 2.24) is 5.32 Å². The molecule has 2 amide bonds. The van der Waals surface area contributed by atoms with Gasteiger partial charge in [-0.05, 0) is 100 Å². The summed E-state index contributed by atoms with van der Waals surface area (Å²) in [5.41, 5.74) is -0.302. The van der Waals surface area contributed by atoms with Crippen molar-refractivity contribution in [2.45, 2.75) is 70.2 Å². The van der Waals surface area contributed by atoms with Crippen LogP contribution >= 0.6 is 0 Å². The van der Waals surface area contributed by atoms with E-state index in [9.17, 15) is 32.3 Å². The lowest BCUT2D eigenvalue weighted by atomic mass is 9.83. The molecule has 4 atom stereocenters. The summed E-state index contributed by atoms with van der Waals surface area (Å²) in [6, 6.07) is 7.02. The van der Waals surface area contributed by atoms with E-state index >= 15 is 0 Å². The molecule has 45 heavy (non-hydrogen) atoms. The van der Waals surface area contributed by atoms with Gasteiger partial charge in [0, 0.05) is 30.9 Å². The lowest BCUT2D eigenvalue weighted by Gasteiger charge is -2.30. The zero-order valence-corrected chi connectivity index (χ0v) is 25.7. The van der Waals surface area contributed by atoms with Crippen LogP contribution < -0.4 is 15.4 Å². The fourth-order valence-corrected chi connectivity index (χ4v) is 6.99. The van der Waals surface area contributed by atoms with E-state index in [0.29, 0.717) is 50.4 Å². The van der Waals surface area contributed by atoms with Gasteiger partial charge in [-0.1, -0.05) is 17.7 Å². The molecule has 3 N–H and O–H groups in total. The van der Waals surface area contributed by atoms with Gasteiger partial charge >= 0.3 is 6.18 Å². The quantitative estimate of drug-likeness (QED) is 0.223. The summed E-state index contributed by atoms with van der Waals surface area (Å²) in [4.78, 5) is 27.7. The fourth-order valence-electron chi connectivity index (χ4n) is 6.99. The zero-order valence-electron chi connectivity index (χ0n) is 25.7. The number of methoxy groups -OCH3 is 1. The molecule has 3 aliphatic rings. The van der Waals surface area contributed by atoms with Gasteiger partial charge in [-0.3, -0.25) is 9.59 Å². The second-order valence-corrected chi connectivity index (χ2v) is 13.0. The molecule has 244 valence electrons. The highest BCUT2D eigenvalue weighted by Crippen LogP contribution is 2.53. The third-order valence-corrected chi connectivity index (χ3v) is 9.27. The Morgan fingerprint density at radius 2 is 1.76 bits per heavy atom. The van der Waals surface area contributed by atoms with Crippen LogP contribution in [0.15, 0.2) is 48.0 Å². The van der Waals surface area contributed by atoms with Gasteiger partial charge in [0.05, 0.1) is 29.8 Å². The Labute approximate surface area is 260 Å². The van der Waals surface area contributed by atoms with Gasteiger partial charge in [0.15, 0.2) is 0 Å². The number of hydrogen-bond acceptors (Lipinski definition) is 5. The number of allylic oxidation sites excluding steroid dienone is 1. The summed E-state index contributed by atoms with van der Waals surface area (Å²) in [6.45, 7) is 4.71. The van der Waals surface area contributed by atoms with Gasteiger partial charge < -0.3 is 25.2 Å². The van der Waals surface area contributed by atoms with Crippen LogP contribution in [0.5, 0.6) is 5.75 Å². The molecule has 2 bridgehead atoms. The molecule has 3 fully saturated rings. The van der Waals surface area contributed by atoms with Crippen LogP contribution in [0, 0.1) is 29.5 Å². The number of benzene rings is 2. The second kappa shape index (κ2) is 13.1. The summed E-state index contributed by atoms with van der Waals surface area (Å²) in [7, 11) is 1.46. The maximum absolute atomic E-state index is 13.9. The van der Waals surface area contributed by atoms with Crippen LogP contribution in [0.3, 0.4) is 0 Å². The minimum atomic E-state index is -4.92. The summed E-state index contributed by atoms with van der Waals surface area (Å²) in [5, 5.41) is 15.9. The maximum Gasteiger partial charge on any atom is 0.419 e. The molecule has 1 saturated heterocycles. The molecule has 5 rings (SSSR count). The number of anilines is 1. The summed E-state index contributed by atoms with van der Waals surface area (Å²) >= 11 is 0. The monoisotopic (exact) mass is 632 g/mol. The first kappa shape index (κ1) is 32.9. The van der Waals surface area contributed by atoms with Crippen molar-refractivity contribution in [2.24, 2.45) is 23.7 Å². The number of rotatable bonds is 9. The highest BCUT2D eigenvalue weighted by Gasteiger charge is 2.55. The molecule has 4 unspecified atom stereocenters. The molecule has 2 saturated carbocycles. The van der Waals surface area contributed by atoms with Crippen LogP contribution in [0.1, 0.15) is 67.4 Å².